The normalized spacial score (nSPS) is 17.5. The Hall–Kier alpha value is -2.25. The molecule has 2 aromatic rings. The molecule has 1 amide bonds. The lowest BCUT2D eigenvalue weighted by atomic mass is 9.97. The van der Waals surface area contributed by atoms with Crippen LogP contribution in [-0.2, 0) is 29.7 Å². The van der Waals surface area contributed by atoms with Gasteiger partial charge in [-0.1, -0.05) is 30.3 Å². The Morgan fingerprint density at radius 1 is 1.26 bits per heavy atom. The first-order valence-corrected chi connectivity index (χ1v) is 9.47. The molecule has 0 N–H and O–H groups in total. The Kier molecular flexibility index (Phi) is 6.58. The van der Waals surface area contributed by atoms with Crippen LogP contribution in [0.15, 0.2) is 30.3 Å². The summed E-state index contributed by atoms with van der Waals surface area (Å²) in [6, 6.07) is 9.92. The van der Waals surface area contributed by atoms with E-state index in [0.717, 1.165) is 43.1 Å². The van der Waals surface area contributed by atoms with Gasteiger partial charge in [0, 0.05) is 26.1 Å². The second-order valence-electron chi connectivity index (χ2n) is 7.43. The highest BCUT2D eigenvalue weighted by Gasteiger charge is 2.28. The molecule has 1 saturated heterocycles. The van der Waals surface area contributed by atoms with Crippen LogP contribution in [0.5, 0.6) is 0 Å². The van der Waals surface area contributed by atoms with Gasteiger partial charge >= 0.3 is 0 Å². The van der Waals surface area contributed by atoms with E-state index in [9.17, 15) is 4.79 Å². The molecule has 7 nitrogen and oxygen atoms in total. The van der Waals surface area contributed by atoms with Gasteiger partial charge in [0.15, 0.2) is 0 Å². The van der Waals surface area contributed by atoms with E-state index in [4.69, 9.17) is 4.74 Å². The minimum absolute atomic E-state index is 0.0475. The number of rotatable bonds is 7. The highest BCUT2D eigenvalue weighted by Crippen LogP contribution is 2.26. The molecule has 7 heteroatoms. The zero-order chi connectivity index (χ0) is 19.2. The van der Waals surface area contributed by atoms with Gasteiger partial charge in [-0.25, -0.2) is 0 Å². The summed E-state index contributed by atoms with van der Waals surface area (Å²) in [6.07, 6.45) is 2.01. The van der Waals surface area contributed by atoms with Gasteiger partial charge in [0.2, 0.25) is 5.91 Å². The first kappa shape index (κ1) is 19.5. The van der Waals surface area contributed by atoms with Gasteiger partial charge in [-0.05, 0) is 32.5 Å². The number of nitrogens with zero attached hydrogens (tertiary/aromatic N) is 5. The third-order valence-corrected chi connectivity index (χ3v) is 4.93. The number of hydrogen-bond donors (Lipinski definition) is 0. The molecule has 0 aliphatic carbocycles. The quantitative estimate of drug-likeness (QED) is 0.743. The number of ether oxygens (including phenoxy) is 1. The zero-order valence-electron chi connectivity index (χ0n) is 16.5. The summed E-state index contributed by atoms with van der Waals surface area (Å²) in [5.41, 5.74) is 1.08. The van der Waals surface area contributed by atoms with Crippen molar-refractivity contribution < 1.29 is 9.53 Å². The van der Waals surface area contributed by atoms with Crippen LogP contribution >= 0.6 is 0 Å². The fourth-order valence-electron chi connectivity index (χ4n) is 3.49. The van der Waals surface area contributed by atoms with E-state index in [1.54, 1.807) is 0 Å². The SMILES string of the molecule is CN(C)Cc1nnc(C2CCCN(C(=O)COCc3ccccc3)C2)n1C. The van der Waals surface area contributed by atoms with Gasteiger partial charge < -0.3 is 19.1 Å². The van der Waals surface area contributed by atoms with Crippen LogP contribution in [0.25, 0.3) is 0 Å². The Labute approximate surface area is 160 Å². The average Bonchev–Trinajstić information content (AvgIpc) is 3.02. The van der Waals surface area contributed by atoms with Crippen LogP contribution < -0.4 is 0 Å². The Balaban J connectivity index is 1.54. The second kappa shape index (κ2) is 9.10. The molecular formula is C20H29N5O2. The maximum Gasteiger partial charge on any atom is 0.248 e. The van der Waals surface area contributed by atoms with E-state index < -0.39 is 0 Å². The number of aromatic nitrogens is 3. The van der Waals surface area contributed by atoms with E-state index in [1.165, 1.54) is 0 Å². The van der Waals surface area contributed by atoms with Gasteiger partial charge in [-0.15, -0.1) is 10.2 Å². The van der Waals surface area contributed by atoms with Crippen molar-refractivity contribution in [3.05, 3.63) is 47.5 Å². The lowest BCUT2D eigenvalue weighted by molar-refractivity contribution is -0.137. The Morgan fingerprint density at radius 2 is 2.04 bits per heavy atom. The number of carbonyl (C=O) groups excluding carboxylic acids is 1. The van der Waals surface area contributed by atoms with Gasteiger partial charge in [0.25, 0.3) is 0 Å². The fraction of sp³-hybridized carbons (Fsp3) is 0.550. The third kappa shape index (κ3) is 5.14. The smallest absolute Gasteiger partial charge is 0.248 e. The Morgan fingerprint density at radius 3 is 2.78 bits per heavy atom. The molecule has 2 heterocycles. The number of hydrogen-bond acceptors (Lipinski definition) is 5. The average molecular weight is 371 g/mol. The monoisotopic (exact) mass is 371 g/mol. The summed E-state index contributed by atoms with van der Waals surface area (Å²) >= 11 is 0. The number of amides is 1. The van der Waals surface area contributed by atoms with Crippen LogP contribution in [-0.4, -0.2) is 64.3 Å². The molecule has 3 rings (SSSR count). The molecule has 146 valence electrons. The lowest BCUT2D eigenvalue weighted by Crippen LogP contribution is -2.41. The van der Waals surface area contributed by atoms with Crippen molar-refractivity contribution in [2.45, 2.75) is 31.9 Å². The van der Waals surface area contributed by atoms with Crippen LogP contribution in [0, 0.1) is 0 Å². The summed E-state index contributed by atoms with van der Waals surface area (Å²) in [7, 11) is 6.05. The summed E-state index contributed by atoms with van der Waals surface area (Å²) in [4.78, 5) is 16.5. The summed E-state index contributed by atoms with van der Waals surface area (Å²) < 4.78 is 7.69. The number of carbonyl (C=O) groups is 1. The van der Waals surface area contributed by atoms with E-state index in [1.807, 2.05) is 56.4 Å². The summed E-state index contributed by atoms with van der Waals surface area (Å²) in [5.74, 6) is 2.19. The topological polar surface area (TPSA) is 63.5 Å². The van der Waals surface area contributed by atoms with Gasteiger partial charge in [0.05, 0.1) is 13.2 Å². The lowest BCUT2D eigenvalue weighted by Gasteiger charge is -2.32. The molecule has 1 aliphatic heterocycles. The van der Waals surface area contributed by atoms with Crippen LogP contribution in [0.4, 0.5) is 0 Å². The van der Waals surface area contributed by atoms with Crippen molar-refractivity contribution in [3.8, 4) is 0 Å². The molecule has 27 heavy (non-hydrogen) atoms. The second-order valence-corrected chi connectivity index (χ2v) is 7.43. The van der Waals surface area contributed by atoms with Crippen LogP contribution in [0.2, 0.25) is 0 Å². The molecule has 1 unspecified atom stereocenters. The highest BCUT2D eigenvalue weighted by atomic mass is 16.5. The molecule has 0 bridgehead atoms. The van der Waals surface area contributed by atoms with E-state index in [0.29, 0.717) is 13.2 Å². The predicted molar refractivity (Wildman–Crippen MR) is 103 cm³/mol. The molecule has 1 aromatic carbocycles. The van der Waals surface area contributed by atoms with Crippen molar-refractivity contribution in [1.29, 1.82) is 0 Å². The van der Waals surface area contributed by atoms with Crippen molar-refractivity contribution in [2.24, 2.45) is 7.05 Å². The van der Waals surface area contributed by atoms with Crippen LogP contribution in [0.3, 0.4) is 0 Å². The molecule has 1 aliphatic rings. The van der Waals surface area contributed by atoms with Crippen molar-refractivity contribution >= 4 is 5.91 Å². The van der Waals surface area contributed by atoms with Crippen LogP contribution in [0.1, 0.15) is 36.0 Å². The minimum Gasteiger partial charge on any atom is -0.367 e. The molecule has 0 saturated carbocycles. The van der Waals surface area contributed by atoms with Gasteiger partial charge in [0.1, 0.15) is 18.3 Å². The predicted octanol–water partition coefficient (Wildman–Crippen LogP) is 1.80. The van der Waals surface area contributed by atoms with Gasteiger partial charge in [-0.3, -0.25) is 4.79 Å². The molecule has 1 fully saturated rings. The molecule has 1 atom stereocenters. The van der Waals surface area contributed by atoms with E-state index >= 15 is 0 Å². The molecule has 0 spiro atoms. The maximum atomic E-state index is 12.6. The van der Waals surface area contributed by atoms with E-state index in [-0.39, 0.29) is 18.4 Å². The molecule has 0 radical (unpaired) electrons. The summed E-state index contributed by atoms with van der Waals surface area (Å²) in [6.45, 7) is 2.80. The number of piperidine rings is 1. The third-order valence-electron chi connectivity index (χ3n) is 4.93. The van der Waals surface area contributed by atoms with Crippen molar-refractivity contribution in [2.75, 3.05) is 33.8 Å². The Bertz CT molecular complexity index is 744. The standard InChI is InChI=1S/C20H29N5O2/c1-23(2)13-18-21-22-20(24(18)3)17-10-7-11-25(12-17)19(26)15-27-14-16-8-5-4-6-9-16/h4-6,8-9,17H,7,10-15H2,1-3H3. The number of benzene rings is 1. The molecular weight excluding hydrogens is 342 g/mol. The largest absolute Gasteiger partial charge is 0.367 e. The first-order valence-electron chi connectivity index (χ1n) is 9.47. The minimum atomic E-state index is 0.0475. The highest BCUT2D eigenvalue weighted by molar-refractivity contribution is 5.77. The summed E-state index contributed by atoms with van der Waals surface area (Å²) in [5, 5.41) is 8.73. The van der Waals surface area contributed by atoms with Crippen molar-refractivity contribution in [3.63, 3.8) is 0 Å². The van der Waals surface area contributed by atoms with Gasteiger partial charge in [-0.2, -0.15) is 0 Å². The van der Waals surface area contributed by atoms with E-state index in [2.05, 4.69) is 19.7 Å². The molecule has 1 aromatic heterocycles. The van der Waals surface area contributed by atoms with Crippen molar-refractivity contribution in [1.82, 2.24) is 24.6 Å². The fourth-order valence-corrected chi connectivity index (χ4v) is 3.49. The maximum absolute atomic E-state index is 12.6. The zero-order valence-corrected chi connectivity index (χ0v) is 16.5. The first-order chi connectivity index (χ1) is 13.0. The number of likely N-dealkylation sites (tertiary alicyclic amines) is 1.